The molecular formula is C13H17BrN6O2. The minimum absolute atomic E-state index is 0.351. The second-order valence-corrected chi connectivity index (χ2v) is 6.43. The molecule has 22 heavy (non-hydrogen) atoms. The average Bonchev–Trinajstić information content (AvgIpc) is 2.86. The van der Waals surface area contributed by atoms with Crippen LogP contribution in [0.2, 0.25) is 0 Å². The molecule has 1 amide bonds. The second-order valence-electron chi connectivity index (χ2n) is 5.52. The first-order chi connectivity index (χ1) is 10.3. The molecule has 0 unspecified atom stereocenters. The largest absolute Gasteiger partial charge is 0.444 e. The van der Waals surface area contributed by atoms with E-state index in [9.17, 15) is 4.79 Å². The summed E-state index contributed by atoms with van der Waals surface area (Å²) in [5.74, 6) is 0.540. The number of carbonyl (C=O) groups excluding carboxylic acids is 1. The van der Waals surface area contributed by atoms with Crippen LogP contribution in [0.4, 0.5) is 4.79 Å². The van der Waals surface area contributed by atoms with Crippen LogP contribution in [0.3, 0.4) is 0 Å². The van der Waals surface area contributed by atoms with Crippen molar-refractivity contribution in [1.29, 1.82) is 0 Å². The van der Waals surface area contributed by atoms with Crippen LogP contribution in [0.15, 0.2) is 22.8 Å². The van der Waals surface area contributed by atoms with Gasteiger partial charge in [-0.3, -0.25) is 4.98 Å². The summed E-state index contributed by atoms with van der Waals surface area (Å²) in [4.78, 5) is 15.8. The molecule has 118 valence electrons. The maximum absolute atomic E-state index is 11.6. The van der Waals surface area contributed by atoms with E-state index in [2.05, 4.69) is 41.8 Å². The normalized spacial score (nSPS) is 11.3. The van der Waals surface area contributed by atoms with Gasteiger partial charge in [-0.2, -0.15) is 0 Å². The fourth-order valence-electron chi connectivity index (χ4n) is 1.62. The summed E-state index contributed by atoms with van der Waals surface area (Å²) in [5.41, 5.74) is 0.135. The molecule has 2 rings (SSSR count). The van der Waals surface area contributed by atoms with Crippen molar-refractivity contribution in [2.45, 2.75) is 32.9 Å². The number of carbonyl (C=O) groups is 1. The number of amides is 1. The number of alkyl carbamates (subject to hydrolysis) is 1. The zero-order valence-corrected chi connectivity index (χ0v) is 14.2. The molecule has 0 saturated carbocycles. The van der Waals surface area contributed by atoms with E-state index in [1.807, 2.05) is 32.9 Å². The zero-order chi connectivity index (χ0) is 16.2. The van der Waals surface area contributed by atoms with Crippen molar-refractivity contribution in [3.05, 3.63) is 22.8 Å². The Bertz CT molecular complexity index is 635. The number of tetrazole rings is 1. The predicted octanol–water partition coefficient (Wildman–Crippen LogP) is 2.02. The number of halogens is 1. The van der Waals surface area contributed by atoms with Crippen LogP contribution in [-0.2, 0) is 11.3 Å². The molecule has 2 aromatic rings. The van der Waals surface area contributed by atoms with E-state index in [-0.39, 0.29) is 0 Å². The fraction of sp³-hybridized carbons (Fsp3) is 0.462. The lowest BCUT2D eigenvalue weighted by atomic mass is 10.2. The number of pyridine rings is 1. The molecule has 0 spiro atoms. The van der Waals surface area contributed by atoms with Crippen molar-refractivity contribution in [3.63, 3.8) is 0 Å². The summed E-state index contributed by atoms with van der Waals surface area (Å²) in [6.45, 7) is 6.20. The Morgan fingerprint density at radius 1 is 1.41 bits per heavy atom. The van der Waals surface area contributed by atoms with Crippen LogP contribution in [0, 0.1) is 0 Å². The monoisotopic (exact) mass is 368 g/mol. The van der Waals surface area contributed by atoms with E-state index in [0.717, 1.165) is 4.47 Å². The van der Waals surface area contributed by atoms with Gasteiger partial charge < -0.3 is 10.1 Å². The van der Waals surface area contributed by atoms with Gasteiger partial charge in [0.05, 0.1) is 6.54 Å². The van der Waals surface area contributed by atoms with Crippen LogP contribution < -0.4 is 5.32 Å². The van der Waals surface area contributed by atoms with Crippen molar-refractivity contribution in [2.75, 3.05) is 6.54 Å². The van der Waals surface area contributed by atoms with Crippen LogP contribution in [0.5, 0.6) is 0 Å². The van der Waals surface area contributed by atoms with Gasteiger partial charge in [-0.05, 0) is 59.3 Å². The predicted molar refractivity (Wildman–Crippen MR) is 83.0 cm³/mol. The third kappa shape index (κ3) is 4.76. The third-order valence-electron chi connectivity index (χ3n) is 2.48. The molecule has 0 atom stereocenters. The molecule has 2 heterocycles. The first-order valence-electron chi connectivity index (χ1n) is 6.70. The van der Waals surface area contributed by atoms with Crippen LogP contribution in [-0.4, -0.2) is 43.4 Å². The van der Waals surface area contributed by atoms with E-state index >= 15 is 0 Å². The number of nitrogens with one attached hydrogen (secondary N) is 1. The molecule has 0 aliphatic heterocycles. The summed E-state index contributed by atoms with van der Waals surface area (Å²) in [5, 5.41) is 14.2. The van der Waals surface area contributed by atoms with E-state index in [1.54, 1.807) is 10.9 Å². The van der Waals surface area contributed by atoms with E-state index in [4.69, 9.17) is 4.74 Å². The third-order valence-corrected chi connectivity index (χ3v) is 2.95. The second kappa shape index (κ2) is 6.82. The molecule has 2 aromatic heterocycles. The molecule has 0 bridgehead atoms. The van der Waals surface area contributed by atoms with E-state index in [0.29, 0.717) is 24.6 Å². The minimum atomic E-state index is -0.522. The Kier molecular flexibility index (Phi) is 5.07. The number of nitrogens with zero attached hydrogens (tertiary/aromatic N) is 5. The van der Waals surface area contributed by atoms with Crippen molar-refractivity contribution in [1.82, 2.24) is 30.5 Å². The van der Waals surface area contributed by atoms with Gasteiger partial charge in [0, 0.05) is 17.2 Å². The Labute approximate surface area is 136 Å². The zero-order valence-electron chi connectivity index (χ0n) is 12.6. The maximum Gasteiger partial charge on any atom is 0.407 e. The van der Waals surface area contributed by atoms with Gasteiger partial charge in [-0.15, -0.1) is 5.10 Å². The Morgan fingerprint density at radius 3 is 2.82 bits per heavy atom. The SMILES string of the molecule is CC(C)(C)OC(=O)NCCn1nnnc1-c1ccc(Br)cn1. The topological polar surface area (TPSA) is 94.8 Å². The molecular weight excluding hydrogens is 352 g/mol. The summed E-state index contributed by atoms with van der Waals surface area (Å²) in [7, 11) is 0. The van der Waals surface area contributed by atoms with Crippen molar-refractivity contribution >= 4 is 22.0 Å². The fourth-order valence-corrected chi connectivity index (χ4v) is 1.86. The van der Waals surface area contributed by atoms with Gasteiger partial charge in [0.15, 0.2) is 0 Å². The summed E-state index contributed by atoms with van der Waals surface area (Å²) in [6.07, 6.45) is 1.21. The van der Waals surface area contributed by atoms with Gasteiger partial charge in [0.25, 0.3) is 0 Å². The average molecular weight is 369 g/mol. The molecule has 0 saturated heterocycles. The van der Waals surface area contributed by atoms with Crippen molar-refractivity contribution in [2.24, 2.45) is 0 Å². The summed E-state index contributed by atoms with van der Waals surface area (Å²) in [6, 6.07) is 3.67. The van der Waals surface area contributed by atoms with Gasteiger partial charge >= 0.3 is 6.09 Å². The Balaban J connectivity index is 1.93. The summed E-state index contributed by atoms with van der Waals surface area (Å²) < 4.78 is 7.61. The lowest BCUT2D eigenvalue weighted by molar-refractivity contribution is 0.0525. The van der Waals surface area contributed by atoms with E-state index < -0.39 is 11.7 Å². The molecule has 1 N–H and O–H groups in total. The number of hydrogen-bond acceptors (Lipinski definition) is 6. The molecule has 0 aliphatic carbocycles. The number of aromatic nitrogens is 5. The van der Waals surface area contributed by atoms with E-state index in [1.165, 1.54) is 0 Å². The summed E-state index contributed by atoms with van der Waals surface area (Å²) >= 11 is 3.33. The Hall–Kier alpha value is -2.03. The Morgan fingerprint density at radius 2 is 2.18 bits per heavy atom. The first kappa shape index (κ1) is 16.3. The standard InChI is InChI=1S/C13H17BrN6O2/c1-13(2,3)22-12(21)15-6-7-20-11(17-18-19-20)10-5-4-9(14)8-16-10/h4-5,8H,6-7H2,1-3H3,(H,15,21). The highest BCUT2D eigenvalue weighted by Crippen LogP contribution is 2.15. The number of hydrogen-bond donors (Lipinski definition) is 1. The van der Waals surface area contributed by atoms with Gasteiger partial charge in [0.2, 0.25) is 5.82 Å². The van der Waals surface area contributed by atoms with Crippen LogP contribution >= 0.6 is 15.9 Å². The highest BCUT2D eigenvalue weighted by Gasteiger charge is 2.16. The molecule has 8 nitrogen and oxygen atoms in total. The molecule has 9 heteroatoms. The maximum atomic E-state index is 11.6. The number of ether oxygens (including phenoxy) is 1. The molecule has 0 radical (unpaired) electrons. The first-order valence-corrected chi connectivity index (χ1v) is 7.49. The highest BCUT2D eigenvalue weighted by atomic mass is 79.9. The highest BCUT2D eigenvalue weighted by molar-refractivity contribution is 9.10. The van der Waals surface area contributed by atoms with Crippen LogP contribution in [0.25, 0.3) is 11.5 Å². The lowest BCUT2D eigenvalue weighted by Gasteiger charge is -2.19. The molecule has 0 aromatic carbocycles. The smallest absolute Gasteiger partial charge is 0.407 e. The molecule has 0 fully saturated rings. The van der Waals surface area contributed by atoms with Gasteiger partial charge in [0.1, 0.15) is 11.3 Å². The quantitative estimate of drug-likeness (QED) is 0.886. The minimum Gasteiger partial charge on any atom is -0.444 e. The van der Waals surface area contributed by atoms with Crippen molar-refractivity contribution < 1.29 is 9.53 Å². The lowest BCUT2D eigenvalue weighted by Crippen LogP contribution is -2.34. The van der Waals surface area contributed by atoms with Gasteiger partial charge in [-0.25, -0.2) is 9.48 Å². The van der Waals surface area contributed by atoms with Crippen molar-refractivity contribution in [3.8, 4) is 11.5 Å². The van der Waals surface area contributed by atoms with Gasteiger partial charge in [-0.1, -0.05) is 0 Å². The molecule has 0 aliphatic rings. The number of rotatable bonds is 4. The van der Waals surface area contributed by atoms with Crippen LogP contribution in [0.1, 0.15) is 20.8 Å².